The predicted octanol–water partition coefficient (Wildman–Crippen LogP) is 5.33. The summed E-state index contributed by atoms with van der Waals surface area (Å²) in [6, 6.07) is 11.3. The molecular formula is C18H16Cl2N4OS. The first kappa shape index (κ1) is 18.6. The van der Waals surface area contributed by atoms with Gasteiger partial charge in [-0.1, -0.05) is 41.4 Å². The summed E-state index contributed by atoms with van der Waals surface area (Å²) in [6.07, 6.45) is 1.58. The van der Waals surface area contributed by atoms with Crippen LogP contribution in [0.3, 0.4) is 0 Å². The maximum Gasteiger partial charge on any atom is 0.216 e. The number of aryl methyl sites for hydroxylation is 2. The molecule has 0 spiro atoms. The number of aromatic amines is 1. The van der Waals surface area contributed by atoms with Crippen LogP contribution < -0.4 is 4.74 Å². The largest absolute Gasteiger partial charge is 0.486 e. The van der Waals surface area contributed by atoms with Gasteiger partial charge in [-0.25, -0.2) is 5.10 Å². The quantitative estimate of drug-likeness (QED) is 0.460. The van der Waals surface area contributed by atoms with Gasteiger partial charge in [-0.15, -0.1) is 0 Å². The number of halogens is 2. The van der Waals surface area contributed by atoms with Crippen LogP contribution in [0.2, 0.25) is 10.0 Å². The van der Waals surface area contributed by atoms with E-state index >= 15 is 0 Å². The van der Waals surface area contributed by atoms with Crippen LogP contribution >= 0.6 is 35.4 Å². The number of hydrogen-bond acceptors (Lipinski definition) is 4. The standard InChI is InChI=1S/C18H16Cl2N4OS/c1-11-6-12(2)8-14(7-11)25-10-16-22-23-18(26)24(16)21-9-13-4-3-5-15(19)17(13)20/h3-9H,10H2,1-2H3,(H,23,26)/b21-9-. The Balaban J connectivity index is 1.81. The highest BCUT2D eigenvalue weighted by molar-refractivity contribution is 7.71. The van der Waals surface area contributed by atoms with Crippen molar-refractivity contribution in [2.75, 3.05) is 0 Å². The normalized spacial score (nSPS) is 11.2. The third kappa shape index (κ3) is 4.33. The van der Waals surface area contributed by atoms with Crippen molar-refractivity contribution in [1.82, 2.24) is 14.9 Å². The van der Waals surface area contributed by atoms with Gasteiger partial charge in [-0.3, -0.25) is 0 Å². The molecule has 1 heterocycles. The van der Waals surface area contributed by atoms with E-state index < -0.39 is 0 Å². The first-order valence-electron chi connectivity index (χ1n) is 7.80. The topological polar surface area (TPSA) is 55.2 Å². The van der Waals surface area contributed by atoms with Gasteiger partial charge in [0.2, 0.25) is 4.77 Å². The Morgan fingerprint density at radius 1 is 1.23 bits per heavy atom. The number of nitrogens with zero attached hydrogens (tertiary/aromatic N) is 3. The molecule has 0 saturated heterocycles. The van der Waals surface area contributed by atoms with Crippen LogP contribution in [0.15, 0.2) is 41.5 Å². The average molecular weight is 407 g/mol. The van der Waals surface area contributed by atoms with Crippen LogP contribution in [-0.2, 0) is 6.61 Å². The molecular weight excluding hydrogens is 391 g/mol. The van der Waals surface area contributed by atoms with Crippen LogP contribution in [0.5, 0.6) is 5.75 Å². The SMILES string of the molecule is Cc1cc(C)cc(OCc2n[nH]c(=S)n2/N=C\c2cccc(Cl)c2Cl)c1. The number of H-pyrrole nitrogens is 1. The molecule has 8 heteroatoms. The lowest BCUT2D eigenvalue weighted by molar-refractivity contribution is 0.290. The molecule has 0 amide bonds. The molecule has 0 radical (unpaired) electrons. The highest BCUT2D eigenvalue weighted by atomic mass is 35.5. The second-order valence-corrected chi connectivity index (χ2v) is 6.93. The fourth-order valence-corrected chi connectivity index (χ4v) is 3.00. The Kier molecular flexibility index (Phi) is 5.76. The molecule has 0 unspecified atom stereocenters. The van der Waals surface area contributed by atoms with Gasteiger partial charge in [0.25, 0.3) is 0 Å². The smallest absolute Gasteiger partial charge is 0.216 e. The maximum absolute atomic E-state index is 6.18. The summed E-state index contributed by atoms with van der Waals surface area (Å²) in [5, 5.41) is 12.1. The summed E-state index contributed by atoms with van der Waals surface area (Å²) in [6.45, 7) is 4.26. The van der Waals surface area contributed by atoms with E-state index in [0.29, 0.717) is 26.2 Å². The molecule has 0 aliphatic rings. The van der Waals surface area contributed by atoms with Gasteiger partial charge in [0, 0.05) is 5.56 Å². The summed E-state index contributed by atoms with van der Waals surface area (Å²) in [5.74, 6) is 1.31. The fraction of sp³-hybridized carbons (Fsp3) is 0.167. The molecule has 5 nitrogen and oxygen atoms in total. The number of nitrogens with one attached hydrogen (secondary N) is 1. The lowest BCUT2D eigenvalue weighted by Crippen LogP contribution is -2.04. The van der Waals surface area contributed by atoms with Crippen molar-refractivity contribution in [3.05, 3.63) is 73.7 Å². The lowest BCUT2D eigenvalue weighted by atomic mass is 10.1. The van der Waals surface area contributed by atoms with Gasteiger partial charge < -0.3 is 4.74 Å². The first-order valence-corrected chi connectivity index (χ1v) is 8.96. The maximum atomic E-state index is 6.18. The fourth-order valence-electron chi connectivity index (χ4n) is 2.44. The van der Waals surface area contributed by atoms with Crippen molar-refractivity contribution >= 4 is 41.6 Å². The minimum atomic E-state index is 0.219. The lowest BCUT2D eigenvalue weighted by Gasteiger charge is -2.07. The van der Waals surface area contributed by atoms with E-state index in [4.69, 9.17) is 40.2 Å². The second-order valence-electron chi connectivity index (χ2n) is 5.76. The summed E-state index contributed by atoms with van der Waals surface area (Å²) in [5.41, 5.74) is 2.95. The Morgan fingerprint density at radius 2 is 1.96 bits per heavy atom. The van der Waals surface area contributed by atoms with E-state index in [2.05, 4.69) is 21.4 Å². The Bertz CT molecular complexity index is 1010. The molecule has 2 aromatic carbocycles. The summed E-state index contributed by atoms with van der Waals surface area (Å²) < 4.78 is 7.69. The Labute approximate surface area is 166 Å². The van der Waals surface area contributed by atoms with Gasteiger partial charge in [-0.05, 0) is 55.4 Å². The first-order chi connectivity index (χ1) is 12.4. The number of hydrogen-bond donors (Lipinski definition) is 1. The Morgan fingerprint density at radius 3 is 2.69 bits per heavy atom. The second kappa shape index (κ2) is 8.03. The number of benzene rings is 2. The van der Waals surface area contributed by atoms with E-state index in [1.807, 2.05) is 32.0 Å². The number of ether oxygens (including phenoxy) is 1. The molecule has 0 saturated carbocycles. The zero-order chi connectivity index (χ0) is 18.7. The molecule has 134 valence electrons. The molecule has 3 rings (SSSR count). The van der Waals surface area contributed by atoms with Crippen molar-refractivity contribution in [2.45, 2.75) is 20.5 Å². The molecule has 1 N–H and O–H groups in total. The zero-order valence-corrected chi connectivity index (χ0v) is 16.5. The third-order valence-corrected chi connectivity index (χ3v) is 4.67. The monoisotopic (exact) mass is 406 g/mol. The van der Waals surface area contributed by atoms with Crippen molar-refractivity contribution in [3.8, 4) is 5.75 Å². The van der Waals surface area contributed by atoms with Crippen LogP contribution in [0.4, 0.5) is 0 Å². The van der Waals surface area contributed by atoms with Crippen molar-refractivity contribution < 1.29 is 4.74 Å². The Hall–Kier alpha value is -2.15. The van der Waals surface area contributed by atoms with E-state index in [0.717, 1.165) is 16.9 Å². The van der Waals surface area contributed by atoms with Crippen molar-refractivity contribution in [1.29, 1.82) is 0 Å². The van der Waals surface area contributed by atoms with Gasteiger partial charge in [-0.2, -0.15) is 14.9 Å². The van der Waals surface area contributed by atoms with Crippen molar-refractivity contribution in [2.24, 2.45) is 5.10 Å². The number of rotatable bonds is 5. The van der Waals surface area contributed by atoms with Gasteiger partial charge in [0.05, 0.1) is 16.3 Å². The molecule has 0 bridgehead atoms. The highest BCUT2D eigenvalue weighted by Gasteiger charge is 2.08. The van der Waals surface area contributed by atoms with Gasteiger partial charge in [0.15, 0.2) is 5.82 Å². The summed E-state index contributed by atoms with van der Waals surface area (Å²) >= 11 is 17.4. The van der Waals surface area contributed by atoms with Crippen LogP contribution in [0.25, 0.3) is 0 Å². The average Bonchev–Trinajstić information content (AvgIpc) is 2.93. The minimum Gasteiger partial charge on any atom is -0.486 e. The highest BCUT2D eigenvalue weighted by Crippen LogP contribution is 2.24. The summed E-state index contributed by atoms with van der Waals surface area (Å²) in [4.78, 5) is 0. The number of aromatic nitrogens is 3. The molecule has 0 fully saturated rings. The van der Waals surface area contributed by atoms with Crippen LogP contribution in [0, 0.1) is 18.6 Å². The molecule has 0 atom stereocenters. The summed E-state index contributed by atoms with van der Waals surface area (Å²) in [7, 11) is 0. The molecule has 0 aliphatic carbocycles. The van der Waals surface area contributed by atoms with Crippen LogP contribution in [-0.4, -0.2) is 21.1 Å². The van der Waals surface area contributed by atoms with E-state index in [9.17, 15) is 0 Å². The molecule has 0 aliphatic heterocycles. The molecule has 1 aromatic heterocycles. The van der Waals surface area contributed by atoms with Gasteiger partial charge >= 0.3 is 0 Å². The zero-order valence-electron chi connectivity index (χ0n) is 14.2. The van der Waals surface area contributed by atoms with Crippen molar-refractivity contribution in [3.63, 3.8) is 0 Å². The van der Waals surface area contributed by atoms with E-state index in [1.54, 1.807) is 18.3 Å². The predicted molar refractivity (Wildman–Crippen MR) is 107 cm³/mol. The minimum absolute atomic E-state index is 0.219. The van der Waals surface area contributed by atoms with E-state index in [-0.39, 0.29) is 6.61 Å². The molecule has 3 aromatic rings. The molecule has 26 heavy (non-hydrogen) atoms. The van der Waals surface area contributed by atoms with E-state index in [1.165, 1.54) is 4.68 Å². The van der Waals surface area contributed by atoms with Gasteiger partial charge in [0.1, 0.15) is 12.4 Å². The third-order valence-electron chi connectivity index (χ3n) is 3.57. The van der Waals surface area contributed by atoms with Crippen LogP contribution in [0.1, 0.15) is 22.5 Å².